The molecule has 2 aromatic heterocycles. The Hall–Kier alpha value is -2.32. The van der Waals surface area contributed by atoms with Gasteiger partial charge in [0.2, 0.25) is 10.0 Å². The van der Waals surface area contributed by atoms with Gasteiger partial charge in [0.05, 0.1) is 11.3 Å². The molecule has 1 saturated heterocycles. The van der Waals surface area contributed by atoms with Crippen molar-refractivity contribution >= 4 is 20.9 Å². The molecule has 0 bridgehead atoms. The van der Waals surface area contributed by atoms with Crippen molar-refractivity contribution in [3.8, 4) is 0 Å². The molecule has 0 unspecified atom stereocenters. The average molecular weight is 398 g/mol. The van der Waals surface area contributed by atoms with Crippen LogP contribution >= 0.6 is 0 Å². The third-order valence-corrected chi connectivity index (χ3v) is 7.48. The van der Waals surface area contributed by atoms with Gasteiger partial charge in [0.1, 0.15) is 5.82 Å². The summed E-state index contributed by atoms with van der Waals surface area (Å²) < 4.78 is 27.9. The van der Waals surface area contributed by atoms with Crippen LogP contribution in [0.1, 0.15) is 54.7 Å². The summed E-state index contributed by atoms with van der Waals surface area (Å²) in [5.74, 6) is 2.25. The first-order valence-electron chi connectivity index (χ1n) is 9.83. The van der Waals surface area contributed by atoms with Crippen LogP contribution in [-0.2, 0) is 15.8 Å². The second-order valence-electron chi connectivity index (χ2n) is 7.80. The highest BCUT2D eigenvalue weighted by Crippen LogP contribution is 2.38. The number of benzene rings is 1. The van der Waals surface area contributed by atoms with Gasteiger partial charge in [-0.3, -0.25) is 10.1 Å². The molecule has 1 aliphatic heterocycles. The molecule has 1 atom stereocenters. The lowest BCUT2D eigenvalue weighted by Crippen LogP contribution is -2.40. The Bertz CT molecular complexity index is 1100. The third kappa shape index (κ3) is 3.42. The second kappa shape index (κ2) is 6.93. The minimum Gasteiger partial charge on any atom is -0.263 e. The number of aromatic nitrogens is 4. The topological polar surface area (TPSA) is 91.8 Å². The van der Waals surface area contributed by atoms with Crippen molar-refractivity contribution in [3.05, 3.63) is 53.7 Å². The summed E-state index contributed by atoms with van der Waals surface area (Å²) in [7, 11) is -3.44. The summed E-state index contributed by atoms with van der Waals surface area (Å²) in [5, 5.41) is 8.37. The molecule has 1 N–H and O–H groups in total. The number of rotatable bonds is 5. The molecule has 2 aliphatic rings. The van der Waals surface area contributed by atoms with E-state index in [1.54, 1.807) is 10.5 Å². The molecule has 5 rings (SSSR count). The smallest absolute Gasteiger partial charge is 0.218 e. The first-order chi connectivity index (χ1) is 13.6. The minimum absolute atomic E-state index is 0.0323. The summed E-state index contributed by atoms with van der Waals surface area (Å²) >= 11 is 0. The van der Waals surface area contributed by atoms with Crippen LogP contribution in [0.5, 0.6) is 0 Å². The summed E-state index contributed by atoms with van der Waals surface area (Å²) in [5.41, 5.74) is 1.50. The quantitative estimate of drug-likeness (QED) is 0.715. The Balaban J connectivity index is 1.36. The van der Waals surface area contributed by atoms with Gasteiger partial charge in [-0.2, -0.15) is 5.10 Å². The number of sulfonamides is 1. The fourth-order valence-corrected chi connectivity index (χ4v) is 5.61. The lowest BCUT2D eigenvalue weighted by atomic mass is 9.99. The zero-order valence-corrected chi connectivity index (χ0v) is 16.4. The van der Waals surface area contributed by atoms with Gasteiger partial charge in [-0.15, -0.1) is 0 Å². The van der Waals surface area contributed by atoms with Gasteiger partial charge >= 0.3 is 0 Å². The highest BCUT2D eigenvalue weighted by atomic mass is 32.2. The molecular formula is C20H23N5O2S. The van der Waals surface area contributed by atoms with Crippen LogP contribution in [0.2, 0.25) is 0 Å². The molecule has 3 heterocycles. The van der Waals surface area contributed by atoms with E-state index in [4.69, 9.17) is 0 Å². The van der Waals surface area contributed by atoms with Crippen molar-refractivity contribution < 1.29 is 8.42 Å². The van der Waals surface area contributed by atoms with Crippen molar-refractivity contribution in [3.63, 3.8) is 0 Å². The predicted molar refractivity (Wildman–Crippen MR) is 106 cm³/mol. The molecule has 0 spiro atoms. The number of H-pyrrole nitrogens is 1. The molecule has 1 aromatic carbocycles. The normalized spacial score (nSPS) is 21.2. The van der Waals surface area contributed by atoms with Gasteiger partial charge in [0, 0.05) is 36.5 Å². The van der Waals surface area contributed by atoms with E-state index in [9.17, 15) is 8.42 Å². The highest BCUT2D eigenvalue weighted by molar-refractivity contribution is 7.88. The summed E-state index contributed by atoms with van der Waals surface area (Å²) in [6.45, 7) is 0.999. The number of pyridine rings is 1. The maximum absolute atomic E-state index is 13.1. The Morgan fingerprint density at radius 3 is 2.82 bits per heavy atom. The van der Waals surface area contributed by atoms with Crippen molar-refractivity contribution in [1.29, 1.82) is 0 Å². The van der Waals surface area contributed by atoms with E-state index in [2.05, 4.69) is 20.2 Å². The van der Waals surface area contributed by atoms with Crippen LogP contribution in [0, 0.1) is 0 Å². The fourth-order valence-electron chi connectivity index (χ4n) is 3.99. The van der Waals surface area contributed by atoms with E-state index < -0.39 is 10.0 Å². The molecule has 1 saturated carbocycles. The zero-order chi connectivity index (χ0) is 19.1. The van der Waals surface area contributed by atoms with Crippen molar-refractivity contribution in [2.45, 2.75) is 43.3 Å². The molecular weight excluding hydrogens is 374 g/mol. The molecule has 1 aliphatic carbocycles. The largest absolute Gasteiger partial charge is 0.263 e. The van der Waals surface area contributed by atoms with Gasteiger partial charge in [-0.25, -0.2) is 17.7 Å². The SMILES string of the molecule is O=S(=O)(Cc1cccc2cccnc12)N1CCC[C@H](c2n[nH]c(C3CC3)n2)C1. The van der Waals surface area contributed by atoms with Gasteiger partial charge in [0.15, 0.2) is 5.82 Å². The first-order valence-corrected chi connectivity index (χ1v) is 11.4. The Morgan fingerprint density at radius 1 is 1.11 bits per heavy atom. The molecule has 3 aromatic rings. The summed E-state index contributed by atoms with van der Waals surface area (Å²) in [6.07, 6.45) is 5.78. The maximum Gasteiger partial charge on any atom is 0.218 e. The van der Waals surface area contributed by atoms with Crippen LogP contribution < -0.4 is 0 Å². The number of para-hydroxylation sites is 1. The molecule has 146 valence electrons. The number of piperidine rings is 1. The number of aromatic amines is 1. The van der Waals surface area contributed by atoms with Crippen LogP contribution in [0.3, 0.4) is 0 Å². The Kier molecular flexibility index (Phi) is 4.40. The van der Waals surface area contributed by atoms with Crippen LogP contribution in [-0.4, -0.2) is 46.0 Å². The first kappa shape index (κ1) is 17.8. The number of fused-ring (bicyclic) bond motifs is 1. The molecule has 2 fully saturated rings. The van der Waals surface area contributed by atoms with Crippen LogP contribution in [0.4, 0.5) is 0 Å². The Labute approximate surface area is 164 Å². The highest BCUT2D eigenvalue weighted by Gasteiger charge is 2.33. The predicted octanol–water partition coefficient (Wildman–Crippen LogP) is 2.94. The lowest BCUT2D eigenvalue weighted by Gasteiger charge is -2.30. The standard InChI is InChI=1S/C20H23N5O2S/c26-28(27,13-17-5-1-4-14-6-2-10-21-18(14)17)25-11-3-7-16(12-25)20-22-19(23-24-20)15-8-9-15/h1-2,4-6,10,15-16H,3,7-9,11-13H2,(H,22,23,24)/t16-/m0/s1. The number of hydrogen-bond acceptors (Lipinski definition) is 5. The summed E-state index contributed by atoms with van der Waals surface area (Å²) in [6, 6.07) is 9.52. The molecule has 0 amide bonds. The molecule has 0 radical (unpaired) electrons. The van der Waals surface area contributed by atoms with Crippen LogP contribution in [0.25, 0.3) is 10.9 Å². The minimum atomic E-state index is -3.44. The molecule has 8 heteroatoms. The number of nitrogens with one attached hydrogen (secondary N) is 1. The van der Waals surface area contributed by atoms with E-state index >= 15 is 0 Å². The van der Waals surface area contributed by atoms with E-state index in [0.29, 0.717) is 19.0 Å². The van der Waals surface area contributed by atoms with Gasteiger partial charge in [-0.1, -0.05) is 24.3 Å². The van der Waals surface area contributed by atoms with Gasteiger partial charge < -0.3 is 0 Å². The second-order valence-corrected chi connectivity index (χ2v) is 9.77. The van der Waals surface area contributed by atoms with E-state index in [-0.39, 0.29) is 11.7 Å². The zero-order valence-electron chi connectivity index (χ0n) is 15.6. The fraction of sp³-hybridized carbons (Fsp3) is 0.450. The third-order valence-electron chi connectivity index (χ3n) is 5.68. The lowest BCUT2D eigenvalue weighted by molar-refractivity contribution is 0.309. The van der Waals surface area contributed by atoms with Gasteiger partial charge in [-0.05, 0) is 37.3 Å². The van der Waals surface area contributed by atoms with Crippen molar-refractivity contribution in [2.75, 3.05) is 13.1 Å². The molecule has 7 nitrogen and oxygen atoms in total. The average Bonchev–Trinajstić information content (AvgIpc) is 3.45. The van der Waals surface area contributed by atoms with E-state index in [1.165, 1.54) is 12.8 Å². The van der Waals surface area contributed by atoms with E-state index in [0.717, 1.165) is 41.0 Å². The number of nitrogens with zero attached hydrogens (tertiary/aromatic N) is 4. The van der Waals surface area contributed by atoms with Crippen LogP contribution in [0.15, 0.2) is 36.5 Å². The number of hydrogen-bond donors (Lipinski definition) is 1. The maximum atomic E-state index is 13.1. The van der Waals surface area contributed by atoms with Crippen molar-refractivity contribution in [1.82, 2.24) is 24.5 Å². The summed E-state index contributed by atoms with van der Waals surface area (Å²) in [4.78, 5) is 9.03. The van der Waals surface area contributed by atoms with Crippen molar-refractivity contribution in [2.24, 2.45) is 0 Å². The van der Waals surface area contributed by atoms with Gasteiger partial charge in [0.25, 0.3) is 0 Å². The monoisotopic (exact) mass is 397 g/mol. The molecule has 28 heavy (non-hydrogen) atoms. The Morgan fingerprint density at radius 2 is 1.96 bits per heavy atom. The van der Waals surface area contributed by atoms with E-state index in [1.807, 2.05) is 30.3 Å².